The normalized spacial score (nSPS) is 18.9. The highest BCUT2D eigenvalue weighted by molar-refractivity contribution is 8.08. The van der Waals surface area contributed by atoms with Gasteiger partial charge in [0.15, 0.2) is 0 Å². The van der Waals surface area contributed by atoms with E-state index in [4.69, 9.17) is 9.47 Å². The molecule has 0 fully saturated rings. The van der Waals surface area contributed by atoms with Gasteiger partial charge in [-0.25, -0.2) is 0 Å². The minimum atomic E-state index is -0.435. The van der Waals surface area contributed by atoms with E-state index in [-0.39, 0.29) is 10.6 Å². The van der Waals surface area contributed by atoms with E-state index in [9.17, 15) is 10.1 Å². The van der Waals surface area contributed by atoms with Crippen LogP contribution >= 0.6 is 11.8 Å². The lowest BCUT2D eigenvalue weighted by atomic mass is 9.94. The maximum atomic E-state index is 10.9. The van der Waals surface area contributed by atoms with Gasteiger partial charge in [0.2, 0.25) is 6.29 Å². The summed E-state index contributed by atoms with van der Waals surface area (Å²) in [5, 5.41) is 10.9. The van der Waals surface area contributed by atoms with Gasteiger partial charge >= 0.3 is 0 Å². The predicted octanol–water partition coefficient (Wildman–Crippen LogP) is 6.23. The van der Waals surface area contributed by atoms with E-state index < -0.39 is 6.29 Å². The second-order valence-electron chi connectivity index (χ2n) is 6.76. The molecule has 0 spiro atoms. The van der Waals surface area contributed by atoms with Gasteiger partial charge in [-0.1, -0.05) is 42.1 Å². The van der Waals surface area contributed by atoms with Gasteiger partial charge < -0.3 is 9.47 Å². The van der Waals surface area contributed by atoms with Crippen molar-refractivity contribution >= 4 is 22.4 Å². The smallest absolute Gasteiger partial charge is 0.269 e. The SMILES string of the molecule is COC1OC(C2=CCCCC2)=C(Sc2ccc([N+](=O)[O-])cc2)c2ccccc21. The number of fused-ring (bicyclic) bond motifs is 1. The summed E-state index contributed by atoms with van der Waals surface area (Å²) in [5.74, 6) is 0.869. The number of ether oxygens (including phenoxy) is 2. The lowest BCUT2D eigenvalue weighted by Gasteiger charge is -2.31. The Morgan fingerprint density at radius 1 is 1.14 bits per heavy atom. The lowest BCUT2D eigenvalue weighted by Crippen LogP contribution is -2.16. The molecule has 1 aliphatic carbocycles. The van der Waals surface area contributed by atoms with Crippen molar-refractivity contribution in [1.29, 1.82) is 0 Å². The highest BCUT2D eigenvalue weighted by atomic mass is 32.2. The number of allylic oxidation sites excluding steroid dienone is 2. The molecule has 0 aromatic heterocycles. The number of hydrogen-bond acceptors (Lipinski definition) is 5. The number of nitro groups is 1. The molecular formula is C22H21NO4S. The molecule has 0 saturated carbocycles. The Balaban J connectivity index is 1.79. The first-order valence-corrected chi connectivity index (χ1v) is 10.1. The summed E-state index contributed by atoms with van der Waals surface area (Å²) in [6.07, 6.45) is 6.21. The second kappa shape index (κ2) is 8.20. The molecule has 1 atom stereocenters. The molecule has 4 rings (SSSR count). The average molecular weight is 395 g/mol. The Kier molecular flexibility index (Phi) is 5.50. The van der Waals surface area contributed by atoms with Gasteiger partial charge in [-0.3, -0.25) is 10.1 Å². The average Bonchev–Trinajstić information content (AvgIpc) is 2.75. The van der Waals surface area contributed by atoms with Gasteiger partial charge in [0, 0.05) is 35.3 Å². The van der Waals surface area contributed by atoms with Crippen molar-refractivity contribution in [2.75, 3.05) is 7.11 Å². The molecule has 2 aromatic carbocycles. The van der Waals surface area contributed by atoms with Crippen LogP contribution in [0.4, 0.5) is 5.69 Å². The Bertz CT molecular complexity index is 949. The molecule has 144 valence electrons. The number of benzene rings is 2. The van der Waals surface area contributed by atoms with E-state index in [2.05, 4.69) is 12.1 Å². The molecule has 2 aromatic rings. The zero-order valence-electron chi connectivity index (χ0n) is 15.6. The molecule has 0 radical (unpaired) electrons. The molecule has 0 N–H and O–H groups in total. The molecule has 1 heterocycles. The van der Waals surface area contributed by atoms with E-state index in [0.717, 1.165) is 45.9 Å². The minimum absolute atomic E-state index is 0.0910. The highest BCUT2D eigenvalue weighted by Gasteiger charge is 2.30. The maximum absolute atomic E-state index is 10.9. The van der Waals surface area contributed by atoms with Crippen LogP contribution in [0.2, 0.25) is 0 Å². The third kappa shape index (κ3) is 3.70. The van der Waals surface area contributed by atoms with Gasteiger partial charge in [0.25, 0.3) is 5.69 Å². The van der Waals surface area contributed by atoms with E-state index in [1.807, 2.05) is 18.2 Å². The molecule has 0 amide bonds. The Morgan fingerprint density at radius 2 is 1.93 bits per heavy atom. The van der Waals surface area contributed by atoms with Gasteiger partial charge in [0.1, 0.15) is 5.76 Å². The summed E-state index contributed by atoms with van der Waals surface area (Å²) in [6.45, 7) is 0. The summed E-state index contributed by atoms with van der Waals surface area (Å²) in [4.78, 5) is 12.5. The zero-order valence-corrected chi connectivity index (χ0v) is 16.4. The van der Waals surface area contributed by atoms with Crippen molar-refractivity contribution in [3.8, 4) is 0 Å². The van der Waals surface area contributed by atoms with Crippen molar-refractivity contribution in [2.45, 2.75) is 36.9 Å². The number of rotatable bonds is 5. The molecule has 6 heteroatoms. The largest absolute Gasteiger partial charge is 0.459 e. The number of non-ortho nitro benzene ring substituents is 1. The van der Waals surface area contributed by atoms with E-state index in [1.165, 1.54) is 24.1 Å². The van der Waals surface area contributed by atoms with Crippen LogP contribution in [0.15, 0.2) is 70.8 Å². The summed E-state index contributed by atoms with van der Waals surface area (Å²) in [7, 11) is 1.66. The predicted molar refractivity (Wildman–Crippen MR) is 110 cm³/mol. The van der Waals surface area contributed by atoms with Crippen LogP contribution in [0, 0.1) is 10.1 Å². The van der Waals surface area contributed by atoms with Gasteiger partial charge in [-0.15, -0.1) is 0 Å². The molecular weight excluding hydrogens is 374 g/mol. The summed E-state index contributed by atoms with van der Waals surface area (Å²) < 4.78 is 11.9. The van der Waals surface area contributed by atoms with Crippen LogP contribution < -0.4 is 0 Å². The summed E-state index contributed by atoms with van der Waals surface area (Å²) in [5.41, 5.74) is 3.39. The van der Waals surface area contributed by atoms with Crippen LogP contribution in [0.1, 0.15) is 43.1 Å². The number of thioether (sulfide) groups is 1. The number of nitrogens with zero attached hydrogens (tertiary/aromatic N) is 1. The van der Waals surface area contributed by atoms with E-state index in [1.54, 1.807) is 31.0 Å². The Hall–Kier alpha value is -2.57. The first-order valence-electron chi connectivity index (χ1n) is 9.32. The molecule has 1 unspecified atom stereocenters. The molecule has 2 aliphatic rings. The van der Waals surface area contributed by atoms with Crippen molar-refractivity contribution in [1.82, 2.24) is 0 Å². The van der Waals surface area contributed by atoms with Crippen LogP contribution in [-0.2, 0) is 9.47 Å². The van der Waals surface area contributed by atoms with Gasteiger partial charge in [-0.05, 0) is 43.4 Å². The molecule has 28 heavy (non-hydrogen) atoms. The zero-order chi connectivity index (χ0) is 19.5. The summed E-state index contributed by atoms with van der Waals surface area (Å²) in [6, 6.07) is 14.7. The van der Waals surface area contributed by atoms with Crippen LogP contribution in [0.25, 0.3) is 4.91 Å². The molecule has 0 bridgehead atoms. The van der Waals surface area contributed by atoms with Gasteiger partial charge in [0.05, 0.1) is 9.83 Å². The monoisotopic (exact) mass is 395 g/mol. The van der Waals surface area contributed by atoms with Crippen molar-refractivity contribution in [3.05, 3.63) is 87.2 Å². The van der Waals surface area contributed by atoms with Crippen LogP contribution in [0.5, 0.6) is 0 Å². The van der Waals surface area contributed by atoms with Crippen LogP contribution in [0.3, 0.4) is 0 Å². The van der Waals surface area contributed by atoms with Crippen molar-refractivity contribution in [2.24, 2.45) is 0 Å². The quantitative estimate of drug-likeness (QED) is 0.443. The Labute approximate surface area is 168 Å². The first-order chi connectivity index (χ1) is 13.7. The third-order valence-corrected chi connectivity index (χ3v) is 6.07. The molecule has 5 nitrogen and oxygen atoms in total. The summed E-state index contributed by atoms with van der Waals surface area (Å²) >= 11 is 1.58. The second-order valence-corrected chi connectivity index (χ2v) is 7.84. The van der Waals surface area contributed by atoms with Crippen LogP contribution in [-0.4, -0.2) is 12.0 Å². The first kappa shape index (κ1) is 18.8. The lowest BCUT2D eigenvalue weighted by molar-refractivity contribution is -0.384. The minimum Gasteiger partial charge on any atom is -0.459 e. The highest BCUT2D eigenvalue weighted by Crippen LogP contribution is 2.48. The number of hydrogen-bond donors (Lipinski definition) is 0. The number of nitro benzene ring substituents is 1. The molecule has 0 saturated heterocycles. The third-order valence-electron chi connectivity index (χ3n) is 4.95. The fourth-order valence-electron chi connectivity index (χ4n) is 3.55. The fraction of sp³-hybridized carbons (Fsp3) is 0.273. The van der Waals surface area contributed by atoms with Crippen molar-refractivity contribution in [3.63, 3.8) is 0 Å². The van der Waals surface area contributed by atoms with E-state index >= 15 is 0 Å². The fourth-order valence-corrected chi connectivity index (χ4v) is 4.63. The topological polar surface area (TPSA) is 61.6 Å². The van der Waals surface area contributed by atoms with Gasteiger partial charge in [-0.2, -0.15) is 0 Å². The van der Waals surface area contributed by atoms with E-state index in [0.29, 0.717) is 0 Å². The van der Waals surface area contributed by atoms with Crippen molar-refractivity contribution < 1.29 is 14.4 Å². The number of methoxy groups -OCH3 is 1. The maximum Gasteiger partial charge on any atom is 0.269 e. The molecule has 1 aliphatic heterocycles. The Morgan fingerprint density at radius 3 is 2.61 bits per heavy atom. The standard InChI is InChI=1S/C22H21NO4S/c1-26-22-19-10-6-5-9-18(19)21(20(27-22)15-7-3-2-4-8-15)28-17-13-11-16(12-14-17)23(24)25/h5-7,9-14,22H,2-4,8H2,1H3.